The summed E-state index contributed by atoms with van der Waals surface area (Å²) in [5.41, 5.74) is 2.33. The molecule has 2 aliphatic heterocycles. The summed E-state index contributed by atoms with van der Waals surface area (Å²) in [5, 5.41) is 19.6. The number of hydrogen-bond acceptors (Lipinski definition) is 16. The normalized spacial score (nSPS) is 20.7. The fourth-order valence-electron chi connectivity index (χ4n) is 12.6. The number of nitrogens with zero attached hydrogens (tertiary/aromatic N) is 7. The Bertz CT molecular complexity index is 3580. The number of amides is 4. The van der Waals surface area contributed by atoms with Crippen molar-refractivity contribution in [2.24, 2.45) is 17.8 Å². The van der Waals surface area contributed by atoms with Crippen LogP contribution in [-0.2, 0) is 51.4 Å². The molecule has 0 spiro atoms. The first-order valence-electron chi connectivity index (χ1n) is 30.7. The van der Waals surface area contributed by atoms with Gasteiger partial charge in [-0.1, -0.05) is 12.1 Å². The maximum Gasteiger partial charge on any atom is 0.416 e. The van der Waals surface area contributed by atoms with Crippen molar-refractivity contribution < 1.29 is 55.0 Å². The number of hydrogen-bond donors (Lipinski definition) is 4. The van der Waals surface area contributed by atoms with E-state index < -0.39 is 27.7 Å². The summed E-state index contributed by atoms with van der Waals surface area (Å²) >= 11 is 0.850. The van der Waals surface area contributed by atoms with Crippen molar-refractivity contribution in [3.63, 3.8) is 0 Å². The first-order valence-corrected chi connectivity index (χ1v) is 33.0. The van der Waals surface area contributed by atoms with Crippen LogP contribution in [0.25, 0.3) is 22.3 Å². The number of nitrogens with one attached hydrogen (secondary N) is 4. The predicted octanol–water partition coefficient (Wildman–Crippen LogP) is 10.00. The van der Waals surface area contributed by atoms with Gasteiger partial charge in [0.1, 0.15) is 23.9 Å². The number of nitriles is 1. The molecule has 0 unspecified atom stereocenters. The number of alkyl halides is 3. The zero-order chi connectivity index (χ0) is 63.2. The Kier molecular flexibility index (Phi) is 21.9. The molecule has 2 saturated carbocycles. The van der Waals surface area contributed by atoms with E-state index in [1.807, 2.05) is 17.0 Å². The first kappa shape index (κ1) is 65.1. The van der Waals surface area contributed by atoms with Gasteiger partial charge in [0.2, 0.25) is 28.8 Å². The summed E-state index contributed by atoms with van der Waals surface area (Å²) in [7, 11) is -2.40. The van der Waals surface area contributed by atoms with Gasteiger partial charge in [-0.3, -0.25) is 33.9 Å². The van der Waals surface area contributed by atoms with Crippen LogP contribution in [0, 0.1) is 29.1 Å². The summed E-state index contributed by atoms with van der Waals surface area (Å²) < 4.78 is 94.2. The number of pyridine rings is 2. The van der Waals surface area contributed by atoms with Crippen LogP contribution in [0.5, 0.6) is 11.5 Å². The van der Waals surface area contributed by atoms with Crippen molar-refractivity contribution >= 4 is 50.3 Å². The number of rotatable bonds is 25. The SMILES string of the molecule is CN1C(=O)C[C@H](C(=O)NCCOC2CCC(OCCCC(=O)NC3CCC(C(=O)N4CCC(CCNCc5cc(-c6ccc(Oc7ccc(S(=O)(=O)Nc8ncns8)cc7C#N)c(-c7ccncc7)c6)cc(C(F)(F)F)c5)CC4)CC3)CC2)[C@H]1c1cccnc1. The van der Waals surface area contributed by atoms with E-state index in [1.165, 1.54) is 24.5 Å². The molecule has 20 nitrogen and oxygen atoms in total. The molecule has 4 N–H and O–H groups in total. The molecule has 2 atom stereocenters. The molecule has 2 aliphatic carbocycles. The van der Waals surface area contributed by atoms with Crippen LogP contribution < -0.4 is 25.4 Å². The number of piperidine rings is 1. The van der Waals surface area contributed by atoms with E-state index in [1.54, 1.807) is 79.2 Å². The zero-order valence-corrected chi connectivity index (χ0v) is 51.7. The van der Waals surface area contributed by atoms with Crippen LogP contribution in [0.4, 0.5) is 18.3 Å². The van der Waals surface area contributed by atoms with E-state index in [0.29, 0.717) is 86.0 Å². The number of benzene rings is 3. The van der Waals surface area contributed by atoms with E-state index in [4.69, 9.17) is 14.2 Å². The maximum atomic E-state index is 14.5. The van der Waals surface area contributed by atoms with Crippen LogP contribution in [0.3, 0.4) is 0 Å². The number of sulfonamides is 1. The van der Waals surface area contributed by atoms with Crippen molar-refractivity contribution in [1.82, 2.24) is 45.1 Å². The molecule has 2 saturated heterocycles. The Labute approximate surface area is 525 Å². The van der Waals surface area contributed by atoms with Gasteiger partial charge in [0, 0.05) is 107 Å². The van der Waals surface area contributed by atoms with Crippen LogP contribution >= 0.6 is 11.5 Å². The highest BCUT2D eigenvalue weighted by molar-refractivity contribution is 7.93. The molecule has 4 fully saturated rings. The Morgan fingerprint density at radius 1 is 0.811 bits per heavy atom. The lowest BCUT2D eigenvalue weighted by atomic mass is 9.84. The van der Waals surface area contributed by atoms with Gasteiger partial charge in [0.15, 0.2) is 0 Å². The lowest BCUT2D eigenvalue weighted by molar-refractivity contribution is -0.138. The van der Waals surface area contributed by atoms with Gasteiger partial charge < -0.3 is 40.0 Å². The summed E-state index contributed by atoms with van der Waals surface area (Å²) in [6, 6.07) is 21.5. The van der Waals surface area contributed by atoms with Crippen molar-refractivity contribution in [3.05, 3.63) is 132 Å². The number of ether oxygens (including phenoxy) is 3. The fraction of sp³-hybridized carbons (Fsp3) is 0.462. The predicted molar refractivity (Wildman–Crippen MR) is 330 cm³/mol. The average Bonchev–Trinajstić information content (AvgIpc) is 1.75. The molecular formula is C65H74F3N11O9S2. The molecule has 476 valence electrons. The number of aromatic nitrogens is 4. The van der Waals surface area contributed by atoms with Crippen molar-refractivity contribution in [2.75, 3.05) is 51.2 Å². The quantitative estimate of drug-likeness (QED) is 0.0389. The highest BCUT2D eigenvalue weighted by atomic mass is 32.2. The molecule has 90 heavy (non-hydrogen) atoms. The lowest BCUT2D eigenvalue weighted by Gasteiger charge is -2.36. The Balaban J connectivity index is 0.612. The van der Waals surface area contributed by atoms with E-state index in [9.17, 15) is 46.0 Å². The summed E-state index contributed by atoms with van der Waals surface area (Å²) in [6.45, 7) is 3.32. The highest BCUT2D eigenvalue weighted by Crippen LogP contribution is 2.41. The number of carbonyl (C=O) groups excluding carboxylic acids is 4. The Morgan fingerprint density at radius 2 is 1.56 bits per heavy atom. The smallest absolute Gasteiger partial charge is 0.416 e. The van der Waals surface area contributed by atoms with Crippen LogP contribution in [0.2, 0.25) is 0 Å². The van der Waals surface area contributed by atoms with Crippen molar-refractivity contribution in [2.45, 2.75) is 132 Å². The number of halogens is 3. The van der Waals surface area contributed by atoms with E-state index >= 15 is 0 Å². The maximum absolute atomic E-state index is 14.5. The Morgan fingerprint density at radius 3 is 2.26 bits per heavy atom. The van der Waals surface area contributed by atoms with Crippen molar-refractivity contribution in [3.8, 4) is 39.8 Å². The van der Waals surface area contributed by atoms with Gasteiger partial charge >= 0.3 is 6.18 Å². The molecule has 0 bridgehead atoms. The second kappa shape index (κ2) is 30.3. The third kappa shape index (κ3) is 17.1. The molecule has 4 aliphatic rings. The highest BCUT2D eigenvalue weighted by Gasteiger charge is 2.43. The molecule has 3 aromatic heterocycles. The molecule has 0 radical (unpaired) electrons. The molecule has 25 heteroatoms. The summed E-state index contributed by atoms with van der Waals surface area (Å²) in [6.07, 6.45) is 13.3. The van der Waals surface area contributed by atoms with Gasteiger partial charge in [0.25, 0.3) is 10.0 Å². The van der Waals surface area contributed by atoms with E-state index in [0.717, 1.165) is 99.9 Å². The van der Waals surface area contributed by atoms with Crippen LogP contribution in [0.1, 0.15) is 118 Å². The molecule has 4 amide bonds. The second-order valence-corrected chi connectivity index (χ2v) is 26.0. The number of anilines is 1. The first-order chi connectivity index (χ1) is 43.5. The van der Waals surface area contributed by atoms with Gasteiger partial charge in [-0.25, -0.2) is 13.4 Å². The van der Waals surface area contributed by atoms with Gasteiger partial charge in [-0.15, -0.1) is 0 Å². The molecular weight excluding hydrogens is 1200 g/mol. The largest absolute Gasteiger partial charge is 0.455 e. The van der Waals surface area contributed by atoms with E-state index in [-0.39, 0.29) is 93.9 Å². The minimum absolute atomic E-state index is 0.00336. The van der Waals surface area contributed by atoms with Gasteiger partial charge in [-0.2, -0.15) is 22.8 Å². The van der Waals surface area contributed by atoms with E-state index in [2.05, 4.69) is 40.0 Å². The minimum atomic E-state index is -4.63. The second-order valence-electron chi connectivity index (χ2n) is 23.5. The number of likely N-dealkylation sites (tertiary alicyclic amines) is 2. The standard InChI is InChI=1S/C65H74F3N11O9S2/c1-78-60(81)37-56(61(78)47-4-2-23-71-40-47)62(82)73-27-31-87-53-13-11-52(12-14-53)86-30-3-5-59(80)76-51-9-6-45(7-10-51)63(83)79-28-21-42(22-29-79)18-24-72-39-43-32-48(34-50(33-43)65(66,67)68)46-8-16-58(55(36-46)44-19-25-70-26-20-44)88-57-17-15-54(35-49(57)38-69)90(84,85)77-64-74-41-75-89-64/h2,4,8,15-17,19-20,23,25-26,32-36,40-42,45,51-53,56,61,72H,3,5-7,9-14,18,21-22,24,27-31,37,39H2,1H3,(H,73,82)(H,76,80)(H,74,75,77)/t45?,51?,52?,53?,56-,61+/m0/s1. The van der Waals surface area contributed by atoms with Gasteiger partial charge in [-0.05, 0) is 184 Å². The monoisotopic (exact) mass is 1270 g/mol. The van der Waals surface area contributed by atoms with Crippen LogP contribution in [-0.4, -0.2) is 126 Å². The molecule has 3 aromatic carbocycles. The van der Waals surface area contributed by atoms with Crippen LogP contribution in [0.15, 0.2) is 115 Å². The lowest BCUT2D eigenvalue weighted by Crippen LogP contribution is -2.45. The topological polar surface area (TPSA) is 260 Å². The fourth-order valence-corrected chi connectivity index (χ4v) is 14.2. The van der Waals surface area contributed by atoms with Gasteiger partial charge in [0.05, 0.1) is 46.8 Å². The summed E-state index contributed by atoms with van der Waals surface area (Å²) in [4.78, 5) is 67.7. The number of carbonyl (C=O) groups is 4. The third-order valence-electron chi connectivity index (χ3n) is 17.5. The minimum Gasteiger partial charge on any atom is -0.455 e. The van der Waals surface area contributed by atoms with Crippen molar-refractivity contribution in [1.29, 1.82) is 5.26 Å². The summed E-state index contributed by atoms with van der Waals surface area (Å²) in [5.74, 6) is 0.0380. The third-order valence-corrected chi connectivity index (χ3v) is 19.5. The zero-order valence-electron chi connectivity index (χ0n) is 50.0. The molecule has 10 rings (SSSR count). The average molecular weight is 1270 g/mol. The molecule has 6 aromatic rings. The molecule has 5 heterocycles. The Hall–Kier alpha value is -7.89.